The van der Waals surface area contributed by atoms with Gasteiger partial charge in [-0.05, 0) is 36.2 Å². The number of H-pyrrole nitrogens is 1. The van der Waals surface area contributed by atoms with Crippen molar-refractivity contribution in [1.82, 2.24) is 15.1 Å². The summed E-state index contributed by atoms with van der Waals surface area (Å²) < 4.78 is 25.4. The van der Waals surface area contributed by atoms with Crippen LogP contribution in [0.5, 0.6) is 11.5 Å². The van der Waals surface area contributed by atoms with Gasteiger partial charge in [-0.1, -0.05) is 51.4 Å². The van der Waals surface area contributed by atoms with Crippen LogP contribution in [-0.2, 0) is 13.0 Å². The number of pyridine rings is 1. The van der Waals surface area contributed by atoms with Gasteiger partial charge in [0.05, 0.1) is 0 Å². The largest absolute Gasteiger partial charge is 0.506 e. The number of ether oxygens (including phenoxy) is 1. The lowest BCUT2D eigenvalue weighted by Crippen LogP contribution is -2.05. The van der Waals surface area contributed by atoms with Gasteiger partial charge in [-0.25, -0.2) is 14.2 Å². The molecule has 2 heterocycles. The number of halogens is 2. The zero-order chi connectivity index (χ0) is 22.0. The summed E-state index contributed by atoms with van der Waals surface area (Å²) in [5, 5.41) is 13.7. The third-order valence-corrected chi connectivity index (χ3v) is 5.44. The summed E-state index contributed by atoms with van der Waals surface area (Å²) >= 11 is 3.48. The first-order valence-electron chi connectivity index (χ1n) is 9.32. The van der Waals surface area contributed by atoms with E-state index in [4.69, 9.17) is 4.74 Å². The SMILES string of the molecule is Cc1c(F)c(OCc2noc(=O)[nH]2)cc(Br)c1Cc1ccc(O)c(-c2ccccc2)n1. The van der Waals surface area contributed by atoms with E-state index in [1.165, 1.54) is 6.07 Å². The Morgan fingerprint density at radius 3 is 2.71 bits per heavy atom. The number of aromatic amines is 1. The lowest BCUT2D eigenvalue weighted by atomic mass is 10.0. The van der Waals surface area contributed by atoms with E-state index in [1.807, 2.05) is 30.3 Å². The molecule has 0 bridgehead atoms. The Labute approximate surface area is 184 Å². The van der Waals surface area contributed by atoms with Crippen LogP contribution < -0.4 is 10.5 Å². The fourth-order valence-electron chi connectivity index (χ4n) is 3.13. The van der Waals surface area contributed by atoms with Crippen molar-refractivity contribution in [3.63, 3.8) is 0 Å². The lowest BCUT2D eigenvalue weighted by molar-refractivity contribution is 0.271. The number of nitrogens with zero attached hydrogens (tertiary/aromatic N) is 2. The van der Waals surface area contributed by atoms with Gasteiger partial charge >= 0.3 is 5.76 Å². The first-order chi connectivity index (χ1) is 14.9. The van der Waals surface area contributed by atoms with Crippen LogP contribution in [0, 0.1) is 12.7 Å². The minimum Gasteiger partial charge on any atom is -0.506 e. The molecule has 0 saturated heterocycles. The Bertz CT molecular complexity index is 1290. The van der Waals surface area contributed by atoms with Crippen molar-refractivity contribution in [2.75, 3.05) is 0 Å². The molecule has 2 N–H and O–H groups in total. The summed E-state index contributed by atoms with van der Waals surface area (Å²) in [4.78, 5) is 17.9. The van der Waals surface area contributed by atoms with E-state index < -0.39 is 11.6 Å². The number of rotatable bonds is 6. The van der Waals surface area contributed by atoms with Crippen LogP contribution in [0.1, 0.15) is 22.6 Å². The zero-order valence-electron chi connectivity index (χ0n) is 16.4. The summed E-state index contributed by atoms with van der Waals surface area (Å²) in [5.41, 5.74) is 3.03. The summed E-state index contributed by atoms with van der Waals surface area (Å²) in [6.45, 7) is 1.51. The monoisotopic (exact) mass is 485 g/mol. The van der Waals surface area contributed by atoms with Crippen molar-refractivity contribution in [2.24, 2.45) is 0 Å². The van der Waals surface area contributed by atoms with Crippen molar-refractivity contribution in [1.29, 1.82) is 0 Å². The quantitative estimate of drug-likeness (QED) is 0.416. The number of benzene rings is 2. The second-order valence-corrected chi connectivity index (χ2v) is 7.67. The number of hydrogen-bond acceptors (Lipinski definition) is 6. The highest BCUT2D eigenvalue weighted by atomic mass is 79.9. The Morgan fingerprint density at radius 1 is 1.23 bits per heavy atom. The Balaban J connectivity index is 1.60. The molecule has 31 heavy (non-hydrogen) atoms. The van der Waals surface area contributed by atoms with E-state index in [-0.39, 0.29) is 23.9 Å². The predicted molar refractivity (Wildman–Crippen MR) is 114 cm³/mol. The summed E-state index contributed by atoms with van der Waals surface area (Å²) in [5.74, 6) is -0.981. The summed E-state index contributed by atoms with van der Waals surface area (Å²) in [6.07, 6.45) is 0.348. The van der Waals surface area contributed by atoms with Crippen LogP contribution in [0.2, 0.25) is 0 Å². The molecule has 9 heteroatoms. The number of aromatic nitrogens is 3. The Kier molecular flexibility index (Phi) is 5.85. The van der Waals surface area contributed by atoms with Gasteiger partial charge in [-0.2, -0.15) is 0 Å². The highest BCUT2D eigenvalue weighted by Gasteiger charge is 2.17. The molecule has 158 valence electrons. The van der Waals surface area contributed by atoms with Crippen LogP contribution in [0.15, 0.2) is 62.3 Å². The zero-order valence-corrected chi connectivity index (χ0v) is 17.9. The van der Waals surface area contributed by atoms with Gasteiger partial charge in [-0.15, -0.1) is 0 Å². The molecule has 0 spiro atoms. The average molecular weight is 486 g/mol. The molecule has 0 unspecified atom stereocenters. The fourth-order valence-corrected chi connectivity index (χ4v) is 3.78. The molecule has 0 fully saturated rings. The molecule has 0 saturated carbocycles. The molecule has 0 atom stereocenters. The van der Waals surface area contributed by atoms with Gasteiger partial charge in [-0.3, -0.25) is 9.51 Å². The van der Waals surface area contributed by atoms with Crippen LogP contribution >= 0.6 is 15.9 Å². The maximum absolute atomic E-state index is 14.9. The average Bonchev–Trinajstić information content (AvgIpc) is 3.19. The first-order valence-corrected chi connectivity index (χ1v) is 10.1. The predicted octanol–water partition coefficient (Wildman–Crippen LogP) is 4.51. The van der Waals surface area contributed by atoms with Crippen LogP contribution in [-0.4, -0.2) is 20.2 Å². The minimum absolute atomic E-state index is 0.0145. The van der Waals surface area contributed by atoms with E-state index in [2.05, 4.69) is 35.6 Å². The van der Waals surface area contributed by atoms with E-state index in [0.717, 1.165) is 5.56 Å². The van der Waals surface area contributed by atoms with Gasteiger partial charge in [0.1, 0.15) is 18.1 Å². The molecular formula is C22H17BrFN3O4. The topological polar surface area (TPSA) is 101 Å². The fraction of sp³-hybridized carbons (Fsp3) is 0.136. The molecule has 2 aromatic carbocycles. The van der Waals surface area contributed by atoms with Crippen molar-refractivity contribution >= 4 is 15.9 Å². The van der Waals surface area contributed by atoms with Crippen LogP contribution in [0.25, 0.3) is 11.3 Å². The summed E-state index contributed by atoms with van der Waals surface area (Å²) in [6, 6.07) is 14.2. The molecule has 2 aromatic heterocycles. The number of nitrogens with one attached hydrogen (secondary N) is 1. The molecule has 0 aliphatic carbocycles. The highest BCUT2D eigenvalue weighted by molar-refractivity contribution is 9.10. The minimum atomic E-state index is -0.706. The molecule has 7 nitrogen and oxygen atoms in total. The van der Waals surface area contributed by atoms with Crippen LogP contribution in [0.3, 0.4) is 0 Å². The molecule has 4 aromatic rings. The smallest absolute Gasteiger partial charge is 0.439 e. The lowest BCUT2D eigenvalue weighted by Gasteiger charge is -2.14. The molecule has 0 amide bonds. The second kappa shape index (κ2) is 8.73. The second-order valence-electron chi connectivity index (χ2n) is 6.82. The van der Waals surface area contributed by atoms with Crippen molar-refractivity contribution in [3.8, 4) is 22.8 Å². The maximum Gasteiger partial charge on any atom is 0.439 e. The highest BCUT2D eigenvalue weighted by Crippen LogP contribution is 2.33. The van der Waals surface area contributed by atoms with E-state index in [9.17, 15) is 14.3 Å². The van der Waals surface area contributed by atoms with Crippen LogP contribution in [0.4, 0.5) is 4.39 Å². The van der Waals surface area contributed by atoms with Gasteiger partial charge in [0.25, 0.3) is 0 Å². The van der Waals surface area contributed by atoms with E-state index >= 15 is 0 Å². The molecule has 4 rings (SSSR count). The molecule has 0 aliphatic rings. The number of aromatic hydroxyl groups is 1. The van der Waals surface area contributed by atoms with E-state index in [1.54, 1.807) is 19.1 Å². The Hall–Kier alpha value is -3.46. The van der Waals surface area contributed by atoms with E-state index in [0.29, 0.717) is 33.4 Å². The van der Waals surface area contributed by atoms with Gasteiger partial charge in [0.2, 0.25) is 0 Å². The standard InChI is InChI=1S/C22H17BrFN3O4/c1-12-15(9-14-7-8-17(28)21(25-14)13-5-3-2-4-6-13)16(23)10-18(20(12)24)30-11-19-26-22(29)31-27-19/h2-8,10,28H,9,11H2,1H3,(H,26,27,29). The first kappa shape index (κ1) is 20.8. The maximum atomic E-state index is 14.9. The summed E-state index contributed by atoms with van der Waals surface area (Å²) in [7, 11) is 0. The molecular weight excluding hydrogens is 469 g/mol. The van der Waals surface area contributed by atoms with Crippen molar-refractivity contribution < 1.29 is 18.8 Å². The molecule has 0 radical (unpaired) electrons. The number of hydrogen-bond donors (Lipinski definition) is 2. The van der Waals surface area contributed by atoms with Crippen molar-refractivity contribution in [3.05, 3.63) is 92.0 Å². The third kappa shape index (κ3) is 4.51. The van der Waals surface area contributed by atoms with Gasteiger partial charge in [0.15, 0.2) is 17.4 Å². The van der Waals surface area contributed by atoms with Gasteiger partial charge in [0, 0.05) is 22.2 Å². The third-order valence-electron chi connectivity index (χ3n) is 4.73. The normalized spacial score (nSPS) is 10.9. The molecule has 0 aliphatic heterocycles. The Morgan fingerprint density at radius 2 is 2.00 bits per heavy atom. The van der Waals surface area contributed by atoms with Gasteiger partial charge < -0.3 is 9.84 Å². The van der Waals surface area contributed by atoms with Crippen molar-refractivity contribution in [2.45, 2.75) is 20.0 Å².